The first-order valence-electron chi connectivity index (χ1n) is 9.22. The van der Waals surface area contributed by atoms with Crippen LogP contribution in [0.15, 0.2) is 53.6 Å². The number of carboxylic acid groups (broad SMARTS) is 1. The van der Waals surface area contributed by atoms with E-state index in [-0.39, 0.29) is 22.0 Å². The van der Waals surface area contributed by atoms with Crippen molar-refractivity contribution in [2.24, 2.45) is 0 Å². The van der Waals surface area contributed by atoms with Gasteiger partial charge in [0.1, 0.15) is 5.54 Å². The summed E-state index contributed by atoms with van der Waals surface area (Å²) >= 11 is 0. The third-order valence-corrected chi connectivity index (χ3v) is 5.22. The predicted octanol–water partition coefficient (Wildman–Crippen LogP) is 1.69. The van der Waals surface area contributed by atoms with Crippen molar-refractivity contribution in [1.29, 1.82) is 0 Å². The van der Waals surface area contributed by atoms with Gasteiger partial charge < -0.3 is 20.1 Å². The molecular weight excluding hydrogens is 374 g/mol. The van der Waals surface area contributed by atoms with Crippen LogP contribution in [0.2, 0.25) is 0 Å². The van der Waals surface area contributed by atoms with Crippen LogP contribution in [0, 0.1) is 0 Å². The Kier molecular flexibility index (Phi) is 4.54. The Hall–Kier alpha value is -3.68. The molecule has 29 heavy (non-hydrogen) atoms. The number of pyridine rings is 2. The monoisotopic (exact) mass is 393 g/mol. The maximum Gasteiger partial charge on any atom is 0.329 e. The summed E-state index contributed by atoms with van der Waals surface area (Å²) in [7, 11) is 0. The van der Waals surface area contributed by atoms with Gasteiger partial charge >= 0.3 is 5.97 Å². The van der Waals surface area contributed by atoms with Crippen LogP contribution in [0.3, 0.4) is 0 Å². The largest absolute Gasteiger partial charge is 0.505 e. The van der Waals surface area contributed by atoms with E-state index in [1.807, 2.05) is 30.3 Å². The smallest absolute Gasteiger partial charge is 0.329 e. The quantitative estimate of drug-likeness (QED) is 0.586. The Morgan fingerprint density at radius 1 is 1.14 bits per heavy atom. The second-order valence-corrected chi connectivity index (χ2v) is 7.17. The first-order chi connectivity index (χ1) is 13.9. The molecular formula is C21H19N3O5. The lowest BCUT2D eigenvalue weighted by Crippen LogP contribution is -2.43. The van der Waals surface area contributed by atoms with Crippen molar-refractivity contribution in [3.63, 3.8) is 0 Å². The van der Waals surface area contributed by atoms with E-state index in [2.05, 4.69) is 10.3 Å². The fraction of sp³-hybridized carbons (Fsp3) is 0.238. The van der Waals surface area contributed by atoms with Crippen LogP contribution < -0.4 is 10.9 Å². The molecule has 3 aromatic rings. The van der Waals surface area contributed by atoms with Crippen LogP contribution in [0.5, 0.6) is 5.75 Å². The Morgan fingerprint density at radius 3 is 2.52 bits per heavy atom. The molecule has 1 aliphatic rings. The molecule has 1 fully saturated rings. The van der Waals surface area contributed by atoms with Crippen molar-refractivity contribution in [2.75, 3.05) is 0 Å². The molecule has 3 N–H and O–H groups in total. The summed E-state index contributed by atoms with van der Waals surface area (Å²) < 4.78 is 1.53. The van der Waals surface area contributed by atoms with E-state index in [0.717, 1.165) is 5.56 Å². The maximum atomic E-state index is 12.7. The zero-order valence-electron chi connectivity index (χ0n) is 15.5. The number of amides is 1. The van der Waals surface area contributed by atoms with Gasteiger partial charge in [-0.2, -0.15) is 0 Å². The number of rotatable bonds is 6. The van der Waals surface area contributed by atoms with E-state index >= 15 is 0 Å². The molecule has 0 radical (unpaired) electrons. The SMILES string of the molecule is O=C(NC1(C(=O)O)CC1)c1ncc2c(=O)n(CCc3ccccc3)ccc2c1O. The number of carbonyl (C=O) groups excluding carboxylic acids is 1. The van der Waals surface area contributed by atoms with Crippen molar-refractivity contribution in [3.8, 4) is 5.75 Å². The number of hydrogen-bond donors (Lipinski definition) is 3. The summed E-state index contributed by atoms with van der Waals surface area (Å²) in [5.74, 6) is -2.33. The van der Waals surface area contributed by atoms with Gasteiger partial charge in [-0.25, -0.2) is 9.78 Å². The summed E-state index contributed by atoms with van der Waals surface area (Å²) in [5.41, 5.74) is -0.815. The van der Waals surface area contributed by atoms with Gasteiger partial charge in [0, 0.05) is 24.3 Å². The van der Waals surface area contributed by atoms with Gasteiger partial charge in [-0.15, -0.1) is 0 Å². The maximum absolute atomic E-state index is 12.7. The highest BCUT2D eigenvalue weighted by molar-refractivity contribution is 6.03. The molecule has 8 heteroatoms. The van der Waals surface area contributed by atoms with Crippen molar-refractivity contribution >= 4 is 22.6 Å². The Bertz CT molecular complexity index is 1170. The van der Waals surface area contributed by atoms with E-state index in [1.54, 1.807) is 12.3 Å². The number of nitrogens with one attached hydrogen (secondary N) is 1. The Labute approximate surface area is 165 Å². The number of carbonyl (C=O) groups is 2. The molecule has 2 aromatic heterocycles. The lowest BCUT2D eigenvalue weighted by atomic mass is 10.1. The summed E-state index contributed by atoms with van der Waals surface area (Å²) in [6.45, 7) is 0.461. The van der Waals surface area contributed by atoms with E-state index in [0.29, 0.717) is 25.8 Å². The second kappa shape index (κ2) is 7.05. The Morgan fingerprint density at radius 2 is 1.86 bits per heavy atom. The summed E-state index contributed by atoms with van der Waals surface area (Å²) in [5, 5.41) is 22.5. The minimum Gasteiger partial charge on any atom is -0.505 e. The lowest BCUT2D eigenvalue weighted by Gasteiger charge is -2.13. The average molecular weight is 393 g/mol. The molecule has 4 rings (SSSR count). The Balaban J connectivity index is 1.61. The van der Waals surface area contributed by atoms with E-state index in [1.165, 1.54) is 10.8 Å². The molecule has 8 nitrogen and oxygen atoms in total. The molecule has 0 saturated heterocycles. The van der Waals surface area contributed by atoms with Crippen molar-refractivity contribution < 1.29 is 19.8 Å². The third-order valence-electron chi connectivity index (χ3n) is 5.22. The van der Waals surface area contributed by atoms with Crippen molar-refractivity contribution in [3.05, 3.63) is 70.4 Å². The average Bonchev–Trinajstić information content (AvgIpc) is 3.49. The zero-order valence-corrected chi connectivity index (χ0v) is 15.5. The standard InChI is InChI=1S/C21H19N3O5/c25-17-14-7-11-24(10-6-13-4-2-1-3-5-13)19(27)15(14)12-22-16(17)18(26)23-21(8-9-21)20(28)29/h1-5,7,11-12,25H,6,8-10H2,(H,23,26)(H,28,29). The van der Waals surface area contributed by atoms with Crippen LogP contribution in [0.25, 0.3) is 10.8 Å². The van der Waals surface area contributed by atoms with Crippen LogP contribution in [0.1, 0.15) is 28.9 Å². The van der Waals surface area contributed by atoms with Crippen LogP contribution in [0.4, 0.5) is 0 Å². The second-order valence-electron chi connectivity index (χ2n) is 7.17. The van der Waals surface area contributed by atoms with Gasteiger partial charge in [-0.05, 0) is 30.9 Å². The van der Waals surface area contributed by atoms with Gasteiger partial charge in [0.05, 0.1) is 5.39 Å². The van der Waals surface area contributed by atoms with Crippen LogP contribution in [-0.2, 0) is 17.8 Å². The lowest BCUT2D eigenvalue weighted by molar-refractivity contribution is -0.140. The van der Waals surface area contributed by atoms with Gasteiger partial charge in [0.15, 0.2) is 11.4 Å². The summed E-state index contributed by atoms with van der Waals surface area (Å²) in [6, 6.07) is 11.3. The number of benzene rings is 1. The molecule has 0 aliphatic heterocycles. The van der Waals surface area contributed by atoms with E-state index < -0.39 is 23.2 Å². The number of hydrogen-bond acceptors (Lipinski definition) is 5. The number of fused-ring (bicyclic) bond motifs is 1. The molecule has 0 bridgehead atoms. The molecule has 1 saturated carbocycles. The highest BCUT2D eigenvalue weighted by Crippen LogP contribution is 2.36. The van der Waals surface area contributed by atoms with Gasteiger partial charge in [-0.3, -0.25) is 9.59 Å². The van der Waals surface area contributed by atoms with Gasteiger partial charge in [0.25, 0.3) is 11.5 Å². The van der Waals surface area contributed by atoms with E-state index in [9.17, 15) is 24.6 Å². The minimum absolute atomic E-state index is 0.189. The topological polar surface area (TPSA) is 122 Å². The predicted molar refractivity (Wildman–Crippen MR) is 105 cm³/mol. The molecule has 1 amide bonds. The van der Waals surface area contributed by atoms with Crippen LogP contribution in [-0.4, -0.2) is 37.2 Å². The van der Waals surface area contributed by atoms with Crippen molar-refractivity contribution in [1.82, 2.24) is 14.9 Å². The first kappa shape index (κ1) is 18.7. The number of aryl methyl sites for hydroxylation is 2. The number of aliphatic carboxylic acids is 1. The van der Waals surface area contributed by atoms with Gasteiger partial charge in [-0.1, -0.05) is 30.3 Å². The number of nitrogens with zero attached hydrogens (tertiary/aromatic N) is 2. The van der Waals surface area contributed by atoms with E-state index in [4.69, 9.17) is 0 Å². The molecule has 0 spiro atoms. The molecule has 0 unspecified atom stereocenters. The molecule has 1 aromatic carbocycles. The third kappa shape index (κ3) is 3.44. The fourth-order valence-corrected chi connectivity index (χ4v) is 3.27. The minimum atomic E-state index is -1.29. The highest BCUT2D eigenvalue weighted by atomic mass is 16.4. The number of aromatic nitrogens is 2. The van der Waals surface area contributed by atoms with Crippen LogP contribution >= 0.6 is 0 Å². The molecule has 0 atom stereocenters. The molecule has 148 valence electrons. The first-order valence-corrected chi connectivity index (χ1v) is 9.22. The summed E-state index contributed by atoms with van der Waals surface area (Å²) in [6.07, 6.45) is 4.13. The number of aromatic hydroxyl groups is 1. The zero-order chi connectivity index (χ0) is 20.6. The molecule has 2 heterocycles. The number of carboxylic acids is 1. The van der Waals surface area contributed by atoms with Gasteiger partial charge in [0.2, 0.25) is 0 Å². The molecule has 1 aliphatic carbocycles. The highest BCUT2D eigenvalue weighted by Gasteiger charge is 2.52. The normalized spacial score (nSPS) is 14.5. The van der Waals surface area contributed by atoms with Crippen molar-refractivity contribution in [2.45, 2.75) is 31.3 Å². The fourth-order valence-electron chi connectivity index (χ4n) is 3.27. The summed E-state index contributed by atoms with van der Waals surface area (Å²) in [4.78, 5) is 40.3.